The van der Waals surface area contributed by atoms with E-state index in [1.807, 2.05) is 44.2 Å². The van der Waals surface area contributed by atoms with Crippen LogP contribution in [0.15, 0.2) is 24.5 Å². The molecule has 0 aliphatic carbocycles. The standard InChI is InChI=1S/C14H23N3O/c1-4-6-14(18)17(10-9-16(2)3)12-13-7-5-8-15-11-13/h5,7-8,11H,4,6,9-10,12H2,1-3H3. The molecule has 0 fully saturated rings. The largest absolute Gasteiger partial charge is 0.337 e. The fourth-order valence-corrected chi connectivity index (χ4v) is 1.70. The highest BCUT2D eigenvalue weighted by Gasteiger charge is 2.13. The maximum absolute atomic E-state index is 12.0. The highest BCUT2D eigenvalue weighted by atomic mass is 16.2. The van der Waals surface area contributed by atoms with Gasteiger partial charge in [0.1, 0.15) is 0 Å². The molecule has 18 heavy (non-hydrogen) atoms. The van der Waals surface area contributed by atoms with Gasteiger partial charge in [-0.3, -0.25) is 9.78 Å². The average Bonchev–Trinajstić information content (AvgIpc) is 2.35. The lowest BCUT2D eigenvalue weighted by molar-refractivity contribution is -0.132. The summed E-state index contributed by atoms with van der Waals surface area (Å²) in [5.74, 6) is 0.225. The first kappa shape index (κ1) is 14.6. The van der Waals surface area contributed by atoms with Gasteiger partial charge in [-0.15, -0.1) is 0 Å². The summed E-state index contributed by atoms with van der Waals surface area (Å²) in [5.41, 5.74) is 1.08. The molecule has 0 bridgehead atoms. The summed E-state index contributed by atoms with van der Waals surface area (Å²) in [4.78, 5) is 20.1. The number of amides is 1. The molecule has 100 valence electrons. The number of pyridine rings is 1. The van der Waals surface area contributed by atoms with Crippen molar-refractivity contribution in [3.63, 3.8) is 0 Å². The fraction of sp³-hybridized carbons (Fsp3) is 0.571. The molecule has 0 radical (unpaired) electrons. The number of carbonyl (C=O) groups is 1. The summed E-state index contributed by atoms with van der Waals surface area (Å²) >= 11 is 0. The Bertz CT molecular complexity index is 351. The second kappa shape index (κ2) is 7.82. The molecular weight excluding hydrogens is 226 g/mol. The molecule has 0 saturated heterocycles. The van der Waals surface area contributed by atoms with Crippen LogP contribution >= 0.6 is 0 Å². The van der Waals surface area contributed by atoms with Crippen LogP contribution in [0.4, 0.5) is 0 Å². The number of carbonyl (C=O) groups excluding carboxylic acids is 1. The van der Waals surface area contributed by atoms with Crippen LogP contribution < -0.4 is 0 Å². The Kier molecular flexibility index (Phi) is 6.36. The highest BCUT2D eigenvalue weighted by Crippen LogP contribution is 2.06. The lowest BCUT2D eigenvalue weighted by Crippen LogP contribution is -2.36. The van der Waals surface area contributed by atoms with E-state index in [9.17, 15) is 4.79 Å². The van der Waals surface area contributed by atoms with Gasteiger partial charge < -0.3 is 9.80 Å². The van der Waals surface area contributed by atoms with E-state index in [0.717, 1.165) is 25.1 Å². The monoisotopic (exact) mass is 249 g/mol. The van der Waals surface area contributed by atoms with Crippen LogP contribution in [0.5, 0.6) is 0 Å². The number of hydrogen-bond acceptors (Lipinski definition) is 3. The number of likely N-dealkylation sites (N-methyl/N-ethyl adjacent to an activating group) is 1. The molecule has 1 aromatic heterocycles. The summed E-state index contributed by atoms with van der Waals surface area (Å²) in [6, 6.07) is 3.92. The molecular formula is C14H23N3O. The molecule has 0 aromatic carbocycles. The third kappa shape index (κ3) is 5.27. The van der Waals surface area contributed by atoms with E-state index in [2.05, 4.69) is 9.88 Å². The van der Waals surface area contributed by atoms with Crippen molar-refractivity contribution in [1.82, 2.24) is 14.8 Å². The molecule has 1 rings (SSSR count). The van der Waals surface area contributed by atoms with Crippen LogP contribution in [0.3, 0.4) is 0 Å². The smallest absolute Gasteiger partial charge is 0.222 e. The summed E-state index contributed by atoms with van der Waals surface area (Å²) < 4.78 is 0. The number of aromatic nitrogens is 1. The zero-order valence-electron chi connectivity index (χ0n) is 11.6. The van der Waals surface area contributed by atoms with Crippen molar-refractivity contribution in [2.24, 2.45) is 0 Å². The third-order valence-corrected chi connectivity index (χ3v) is 2.73. The SMILES string of the molecule is CCCC(=O)N(CCN(C)C)Cc1cccnc1. The normalized spacial score (nSPS) is 10.7. The van der Waals surface area contributed by atoms with Gasteiger partial charge in [-0.25, -0.2) is 0 Å². The van der Waals surface area contributed by atoms with Gasteiger partial charge >= 0.3 is 0 Å². The second-order valence-electron chi connectivity index (χ2n) is 4.73. The minimum Gasteiger partial charge on any atom is -0.337 e. The first-order chi connectivity index (χ1) is 8.63. The zero-order valence-corrected chi connectivity index (χ0v) is 11.6. The molecule has 0 atom stereocenters. The molecule has 0 N–H and O–H groups in total. The van der Waals surface area contributed by atoms with Gasteiger partial charge in [0.2, 0.25) is 5.91 Å². The fourth-order valence-electron chi connectivity index (χ4n) is 1.70. The molecule has 0 saturated carbocycles. The Morgan fingerprint density at radius 2 is 2.11 bits per heavy atom. The van der Waals surface area contributed by atoms with E-state index >= 15 is 0 Å². The van der Waals surface area contributed by atoms with Crippen molar-refractivity contribution in [1.29, 1.82) is 0 Å². The molecule has 1 amide bonds. The molecule has 4 nitrogen and oxygen atoms in total. The summed E-state index contributed by atoms with van der Waals surface area (Å²) in [5, 5.41) is 0. The van der Waals surface area contributed by atoms with Gasteiger partial charge in [0.25, 0.3) is 0 Å². The van der Waals surface area contributed by atoms with Crippen LogP contribution in [0, 0.1) is 0 Å². The topological polar surface area (TPSA) is 36.4 Å². The first-order valence-corrected chi connectivity index (χ1v) is 6.45. The van der Waals surface area contributed by atoms with E-state index in [0.29, 0.717) is 13.0 Å². The summed E-state index contributed by atoms with van der Waals surface area (Å²) in [7, 11) is 4.04. The van der Waals surface area contributed by atoms with Crippen LogP contribution in [-0.2, 0) is 11.3 Å². The lowest BCUT2D eigenvalue weighted by atomic mass is 10.2. The van der Waals surface area contributed by atoms with Gasteiger partial charge in [0, 0.05) is 38.4 Å². The van der Waals surface area contributed by atoms with E-state index in [1.54, 1.807) is 6.20 Å². The highest BCUT2D eigenvalue weighted by molar-refractivity contribution is 5.76. The van der Waals surface area contributed by atoms with Crippen molar-refractivity contribution in [2.45, 2.75) is 26.3 Å². The molecule has 0 unspecified atom stereocenters. The third-order valence-electron chi connectivity index (χ3n) is 2.73. The lowest BCUT2D eigenvalue weighted by Gasteiger charge is -2.24. The molecule has 4 heteroatoms. The number of nitrogens with zero attached hydrogens (tertiary/aromatic N) is 3. The molecule has 1 heterocycles. The minimum absolute atomic E-state index is 0.225. The van der Waals surface area contributed by atoms with Crippen LogP contribution in [0.2, 0.25) is 0 Å². The van der Waals surface area contributed by atoms with E-state index in [4.69, 9.17) is 0 Å². The Labute approximate surface area is 110 Å². The maximum Gasteiger partial charge on any atom is 0.222 e. The van der Waals surface area contributed by atoms with Gasteiger partial charge in [0.15, 0.2) is 0 Å². The number of rotatable bonds is 7. The van der Waals surface area contributed by atoms with Crippen molar-refractivity contribution in [2.75, 3.05) is 27.2 Å². The van der Waals surface area contributed by atoms with E-state index < -0.39 is 0 Å². The molecule has 0 aliphatic rings. The zero-order chi connectivity index (χ0) is 13.4. The van der Waals surface area contributed by atoms with Crippen molar-refractivity contribution in [3.8, 4) is 0 Å². The predicted molar refractivity (Wildman–Crippen MR) is 73.1 cm³/mol. The Balaban J connectivity index is 2.62. The Hall–Kier alpha value is -1.42. The van der Waals surface area contributed by atoms with Crippen LogP contribution in [0.25, 0.3) is 0 Å². The Morgan fingerprint density at radius 1 is 1.33 bits per heavy atom. The molecule has 0 aliphatic heterocycles. The van der Waals surface area contributed by atoms with Crippen molar-refractivity contribution >= 4 is 5.91 Å². The summed E-state index contributed by atoms with van der Waals surface area (Å²) in [6.45, 7) is 4.34. The van der Waals surface area contributed by atoms with E-state index in [1.165, 1.54) is 0 Å². The average molecular weight is 249 g/mol. The van der Waals surface area contributed by atoms with Gasteiger partial charge in [-0.1, -0.05) is 13.0 Å². The minimum atomic E-state index is 0.225. The number of hydrogen-bond donors (Lipinski definition) is 0. The van der Waals surface area contributed by atoms with Gasteiger partial charge in [0.05, 0.1) is 0 Å². The summed E-state index contributed by atoms with van der Waals surface area (Å²) in [6.07, 6.45) is 5.08. The molecule has 1 aromatic rings. The van der Waals surface area contributed by atoms with Crippen molar-refractivity contribution < 1.29 is 4.79 Å². The van der Waals surface area contributed by atoms with Crippen LogP contribution in [-0.4, -0.2) is 47.9 Å². The maximum atomic E-state index is 12.0. The quantitative estimate of drug-likeness (QED) is 0.739. The first-order valence-electron chi connectivity index (χ1n) is 6.45. The molecule has 0 spiro atoms. The van der Waals surface area contributed by atoms with Gasteiger partial charge in [-0.05, 0) is 32.1 Å². The predicted octanol–water partition coefficient (Wildman–Crippen LogP) is 1.77. The van der Waals surface area contributed by atoms with E-state index in [-0.39, 0.29) is 5.91 Å². The van der Waals surface area contributed by atoms with Crippen LogP contribution in [0.1, 0.15) is 25.3 Å². The second-order valence-corrected chi connectivity index (χ2v) is 4.73. The Morgan fingerprint density at radius 3 is 2.67 bits per heavy atom. The van der Waals surface area contributed by atoms with Gasteiger partial charge in [-0.2, -0.15) is 0 Å². The van der Waals surface area contributed by atoms with Crippen molar-refractivity contribution in [3.05, 3.63) is 30.1 Å².